The van der Waals surface area contributed by atoms with Crippen LogP contribution >= 0.6 is 0 Å². The highest BCUT2D eigenvalue weighted by atomic mass is 14.0. The van der Waals surface area contributed by atoms with Gasteiger partial charge in [-0.2, -0.15) is 0 Å². The minimum absolute atomic E-state index is 0.813. The van der Waals surface area contributed by atoms with Gasteiger partial charge in [0.05, 0.1) is 0 Å². The summed E-state index contributed by atoms with van der Waals surface area (Å²) in [4.78, 5) is 0. The molecule has 0 nitrogen and oxygen atoms in total. The van der Waals surface area contributed by atoms with Crippen LogP contribution in [0, 0.1) is 5.92 Å². The average molecular weight is 140 g/mol. The van der Waals surface area contributed by atoms with E-state index in [1.807, 2.05) is 0 Å². The van der Waals surface area contributed by atoms with E-state index in [0.29, 0.717) is 0 Å². The number of unbranched alkanes of at least 4 members (excludes halogenated alkanes) is 1. The number of rotatable bonds is 4. The lowest BCUT2D eigenvalue weighted by molar-refractivity contribution is 0.639. The molecule has 0 saturated carbocycles. The van der Waals surface area contributed by atoms with Crippen molar-refractivity contribution in [3.8, 4) is 0 Å². The van der Waals surface area contributed by atoms with Crippen molar-refractivity contribution in [2.75, 3.05) is 0 Å². The lowest BCUT2D eigenvalue weighted by atomic mass is 10.0. The Balaban J connectivity index is 3.49. The molecule has 0 fully saturated rings. The Hall–Kier alpha value is -0.260. The van der Waals surface area contributed by atoms with Crippen LogP contribution in [0.4, 0.5) is 0 Å². The summed E-state index contributed by atoms with van der Waals surface area (Å²) in [6.07, 6.45) is 6.15. The Labute approximate surface area is 65.3 Å². The van der Waals surface area contributed by atoms with Crippen molar-refractivity contribution in [2.45, 2.75) is 47.0 Å². The summed E-state index contributed by atoms with van der Waals surface area (Å²) in [6.45, 7) is 8.99. The van der Waals surface area contributed by atoms with Gasteiger partial charge in [0.2, 0.25) is 0 Å². The first kappa shape index (κ1) is 9.74. The van der Waals surface area contributed by atoms with Crippen LogP contribution in [0.5, 0.6) is 0 Å². The van der Waals surface area contributed by atoms with E-state index < -0.39 is 0 Å². The van der Waals surface area contributed by atoms with Gasteiger partial charge >= 0.3 is 0 Å². The van der Waals surface area contributed by atoms with E-state index in [1.165, 1.54) is 19.3 Å². The molecule has 0 aliphatic heterocycles. The second-order valence-electron chi connectivity index (χ2n) is 3.44. The third-order valence-corrected chi connectivity index (χ3v) is 1.51. The zero-order valence-corrected chi connectivity index (χ0v) is 7.78. The zero-order valence-electron chi connectivity index (χ0n) is 7.78. The number of hydrogen-bond donors (Lipinski definition) is 0. The van der Waals surface area contributed by atoms with E-state index in [0.717, 1.165) is 5.92 Å². The van der Waals surface area contributed by atoms with E-state index in [4.69, 9.17) is 0 Å². The number of allylic oxidation sites excluding steroid dienone is 2. The van der Waals surface area contributed by atoms with Crippen LogP contribution in [-0.2, 0) is 0 Å². The summed E-state index contributed by atoms with van der Waals surface area (Å²) >= 11 is 0. The Morgan fingerprint density at radius 2 is 2.00 bits per heavy atom. The second-order valence-corrected chi connectivity index (χ2v) is 3.44. The van der Waals surface area contributed by atoms with Gasteiger partial charge in [-0.1, -0.05) is 38.8 Å². The molecule has 0 heterocycles. The third kappa shape index (κ3) is 5.87. The van der Waals surface area contributed by atoms with E-state index in [9.17, 15) is 0 Å². The quantitative estimate of drug-likeness (QED) is 0.521. The molecule has 0 aliphatic rings. The average Bonchev–Trinajstić information content (AvgIpc) is 1.82. The zero-order chi connectivity index (χ0) is 7.98. The summed E-state index contributed by atoms with van der Waals surface area (Å²) in [5, 5.41) is 0. The SMILES string of the molecule is CCCC=C(C)CC(C)C. The fourth-order valence-electron chi connectivity index (χ4n) is 1.12. The molecule has 0 spiro atoms. The van der Waals surface area contributed by atoms with Gasteiger partial charge in [-0.3, -0.25) is 0 Å². The van der Waals surface area contributed by atoms with Gasteiger partial charge in [-0.25, -0.2) is 0 Å². The van der Waals surface area contributed by atoms with Crippen LogP contribution in [0.1, 0.15) is 47.0 Å². The molecule has 10 heavy (non-hydrogen) atoms. The van der Waals surface area contributed by atoms with Crippen LogP contribution in [0.3, 0.4) is 0 Å². The van der Waals surface area contributed by atoms with Crippen molar-refractivity contribution < 1.29 is 0 Å². The molecule has 0 aromatic carbocycles. The topological polar surface area (TPSA) is 0 Å². The number of hydrogen-bond acceptors (Lipinski definition) is 0. The Morgan fingerprint density at radius 3 is 2.40 bits per heavy atom. The molecule has 0 bridgehead atoms. The lowest BCUT2D eigenvalue weighted by Gasteiger charge is -2.03. The normalized spacial score (nSPS) is 12.7. The molecule has 0 saturated heterocycles. The molecule has 0 aliphatic carbocycles. The largest absolute Gasteiger partial charge is 0.0856 e. The summed E-state index contributed by atoms with van der Waals surface area (Å²) < 4.78 is 0. The molecule has 0 aromatic heterocycles. The summed E-state index contributed by atoms with van der Waals surface area (Å²) in [6, 6.07) is 0. The molecular formula is C10H20. The predicted molar refractivity (Wildman–Crippen MR) is 48.1 cm³/mol. The Kier molecular flexibility index (Phi) is 5.38. The van der Waals surface area contributed by atoms with Crippen molar-refractivity contribution in [1.82, 2.24) is 0 Å². The van der Waals surface area contributed by atoms with Crippen LogP contribution in [0.25, 0.3) is 0 Å². The van der Waals surface area contributed by atoms with Crippen molar-refractivity contribution in [3.05, 3.63) is 11.6 Å². The maximum Gasteiger partial charge on any atom is -0.0300 e. The van der Waals surface area contributed by atoms with Gasteiger partial charge in [0.25, 0.3) is 0 Å². The fraction of sp³-hybridized carbons (Fsp3) is 0.800. The molecule has 0 unspecified atom stereocenters. The van der Waals surface area contributed by atoms with E-state index >= 15 is 0 Å². The predicted octanol–water partition coefficient (Wildman–Crippen LogP) is 3.78. The summed E-state index contributed by atoms with van der Waals surface area (Å²) in [7, 11) is 0. The molecular weight excluding hydrogens is 120 g/mol. The first-order valence-corrected chi connectivity index (χ1v) is 4.32. The van der Waals surface area contributed by atoms with Crippen LogP contribution in [-0.4, -0.2) is 0 Å². The van der Waals surface area contributed by atoms with Gasteiger partial charge in [0.1, 0.15) is 0 Å². The third-order valence-electron chi connectivity index (χ3n) is 1.51. The lowest BCUT2D eigenvalue weighted by Crippen LogP contribution is -1.87. The smallest absolute Gasteiger partial charge is 0.0300 e. The van der Waals surface area contributed by atoms with E-state index in [-0.39, 0.29) is 0 Å². The van der Waals surface area contributed by atoms with Crippen LogP contribution < -0.4 is 0 Å². The molecule has 0 radical (unpaired) electrons. The van der Waals surface area contributed by atoms with E-state index in [2.05, 4.69) is 33.8 Å². The fourth-order valence-corrected chi connectivity index (χ4v) is 1.12. The van der Waals surface area contributed by atoms with Crippen LogP contribution in [0.2, 0.25) is 0 Å². The van der Waals surface area contributed by atoms with Gasteiger partial charge in [-0.15, -0.1) is 0 Å². The van der Waals surface area contributed by atoms with E-state index in [1.54, 1.807) is 5.57 Å². The molecule has 0 rings (SSSR count). The van der Waals surface area contributed by atoms with Crippen molar-refractivity contribution in [2.24, 2.45) is 5.92 Å². The maximum atomic E-state index is 2.36. The molecule has 0 amide bonds. The Morgan fingerprint density at radius 1 is 1.40 bits per heavy atom. The molecule has 0 aromatic rings. The highest BCUT2D eigenvalue weighted by Gasteiger charge is 1.93. The van der Waals surface area contributed by atoms with Crippen LogP contribution in [0.15, 0.2) is 11.6 Å². The molecule has 0 N–H and O–H groups in total. The monoisotopic (exact) mass is 140 g/mol. The minimum Gasteiger partial charge on any atom is -0.0856 e. The highest BCUT2D eigenvalue weighted by molar-refractivity contribution is 4.97. The standard InChI is InChI=1S/C10H20/c1-5-6-7-10(4)8-9(2)3/h7,9H,5-6,8H2,1-4H3. The first-order valence-electron chi connectivity index (χ1n) is 4.32. The Bertz CT molecular complexity index is 98.6. The summed E-state index contributed by atoms with van der Waals surface area (Å²) in [5.74, 6) is 0.813. The van der Waals surface area contributed by atoms with Gasteiger partial charge in [0.15, 0.2) is 0 Å². The second kappa shape index (κ2) is 5.52. The molecule has 0 heteroatoms. The van der Waals surface area contributed by atoms with Crippen molar-refractivity contribution >= 4 is 0 Å². The highest BCUT2D eigenvalue weighted by Crippen LogP contribution is 2.10. The van der Waals surface area contributed by atoms with Crippen molar-refractivity contribution in [1.29, 1.82) is 0 Å². The van der Waals surface area contributed by atoms with Gasteiger partial charge < -0.3 is 0 Å². The molecule has 0 atom stereocenters. The minimum atomic E-state index is 0.813. The first-order chi connectivity index (χ1) is 4.66. The molecule has 60 valence electrons. The maximum absolute atomic E-state index is 2.36. The van der Waals surface area contributed by atoms with Crippen molar-refractivity contribution in [3.63, 3.8) is 0 Å². The van der Waals surface area contributed by atoms with Gasteiger partial charge in [0, 0.05) is 0 Å². The summed E-state index contributed by atoms with van der Waals surface area (Å²) in [5.41, 5.74) is 1.55. The van der Waals surface area contributed by atoms with Gasteiger partial charge in [-0.05, 0) is 25.7 Å².